The third kappa shape index (κ3) is 5.79. The quantitative estimate of drug-likeness (QED) is 0.504. The van der Waals surface area contributed by atoms with Crippen LogP contribution < -0.4 is 5.32 Å². The lowest BCUT2D eigenvalue weighted by molar-refractivity contribution is 0.0600. The normalized spacial score (nSPS) is 13.2. The summed E-state index contributed by atoms with van der Waals surface area (Å²) in [6.45, 7) is 2.14. The Hall–Kier alpha value is -2.41. The molecule has 2 aromatic carbocycles. The molecule has 0 fully saturated rings. The second-order valence-corrected chi connectivity index (χ2v) is 6.47. The third-order valence-corrected chi connectivity index (χ3v) is 4.61. The number of aliphatic hydroxyl groups is 2. The standard InChI is InChI=1S/C21H27NO5/c1-3-18(10-14-4-6-15(7-5-14)21(26)27-2)22-12-20(25)16-8-9-19(24)17(11-16)13-23/h4-9,11,18,20,22-25H,3,10,12-13H2,1-2H3. The van der Waals surface area contributed by atoms with E-state index in [4.69, 9.17) is 4.74 Å². The number of ether oxygens (including phenoxy) is 1. The zero-order valence-electron chi connectivity index (χ0n) is 15.7. The van der Waals surface area contributed by atoms with Crippen LogP contribution in [-0.4, -0.2) is 41.0 Å². The van der Waals surface area contributed by atoms with Crippen molar-refractivity contribution in [3.05, 3.63) is 64.7 Å². The van der Waals surface area contributed by atoms with Crippen molar-refractivity contribution in [3.8, 4) is 5.75 Å². The van der Waals surface area contributed by atoms with E-state index in [9.17, 15) is 20.1 Å². The fraction of sp³-hybridized carbons (Fsp3) is 0.381. The molecule has 0 aliphatic carbocycles. The van der Waals surface area contributed by atoms with E-state index in [1.807, 2.05) is 12.1 Å². The summed E-state index contributed by atoms with van der Waals surface area (Å²) in [5.74, 6) is -0.339. The largest absolute Gasteiger partial charge is 0.508 e. The van der Waals surface area contributed by atoms with Gasteiger partial charge >= 0.3 is 5.97 Å². The van der Waals surface area contributed by atoms with E-state index in [2.05, 4.69) is 12.2 Å². The van der Waals surface area contributed by atoms with Crippen LogP contribution in [0.5, 0.6) is 5.75 Å². The smallest absolute Gasteiger partial charge is 0.337 e. The summed E-state index contributed by atoms with van der Waals surface area (Å²) < 4.78 is 4.70. The Balaban J connectivity index is 1.93. The summed E-state index contributed by atoms with van der Waals surface area (Å²) in [7, 11) is 1.36. The van der Waals surface area contributed by atoms with Crippen molar-refractivity contribution in [3.63, 3.8) is 0 Å². The zero-order chi connectivity index (χ0) is 19.8. The topological polar surface area (TPSA) is 99.0 Å². The molecule has 0 spiro atoms. The van der Waals surface area contributed by atoms with E-state index in [1.165, 1.54) is 13.2 Å². The number of esters is 1. The molecule has 2 atom stereocenters. The third-order valence-electron chi connectivity index (χ3n) is 4.61. The van der Waals surface area contributed by atoms with Gasteiger partial charge in [-0.15, -0.1) is 0 Å². The monoisotopic (exact) mass is 373 g/mol. The minimum atomic E-state index is -0.744. The van der Waals surface area contributed by atoms with Gasteiger partial charge < -0.3 is 25.4 Å². The van der Waals surface area contributed by atoms with Crippen LogP contribution >= 0.6 is 0 Å². The van der Waals surface area contributed by atoms with Crippen LogP contribution in [0.25, 0.3) is 0 Å². The molecule has 2 aromatic rings. The van der Waals surface area contributed by atoms with E-state index in [0.717, 1.165) is 18.4 Å². The van der Waals surface area contributed by atoms with Crippen molar-refractivity contribution < 1.29 is 24.9 Å². The maximum Gasteiger partial charge on any atom is 0.337 e. The van der Waals surface area contributed by atoms with Crippen molar-refractivity contribution in [1.82, 2.24) is 5.32 Å². The van der Waals surface area contributed by atoms with Crippen LogP contribution in [0.2, 0.25) is 0 Å². The van der Waals surface area contributed by atoms with Gasteiger partial charge in [-0.1, -0.05) is 25.1 Å². The molecule has 2 rings (SSSR count). The molecule has 0 aliphatic rings. The van der Waals surface area contributed by atoms with Gasteiger partial charge in [0.25, 0.3) is 0 Å². The number of phenols is 1. The van der Waals surface area contributed by atoms with Crippen LogP contribution in [0.4, 0.5) is 0 Å². The first-order valence-electron chi connectivity index (χ1n) is 8.99. The van der Waals surface area contributed by atoms with Gasteiger partial charge in [-0.3, -0.25) is 0 Å². The van der Waals surface area contributed by atoms with E-state index in [1.54, 1.807) is 24.3 Å². The Labute approximate surface area is 159 Å². The average molecular weight is 373 g/mol. The summed E-state index contributed by atoms with van der Waals surface area (Å²) in [4.78, 5) is 11.5. The summed E-state index contributed by atoms with van der Waals surface area (Å²) in [5, 5.41) is 32.6. The molecule has 6 heteroatoms. The molecular weight excluding hydrogens is 346 g/mol. The lowest BCUT2D eigenvalue weighted by Gasteiger charge is -2.20. The maximum absolute atomic E-state index is 11.5. The summed E-state index contributed by atoms with van der Waals surface area (Å²) in [5.41, 5.74) is 2.64. The predicted octanol–water partition coefficient (Wildman–Crippen LogP) is 2.32. The van der Waals surface area contributed by atoms with Gasteiger partial charge in [0.1, 0.15) is 5.75 Å². The first kappa shape index (κ1) is 20.9. The highest BCUT2D eigenvalue weighted by molar-refractivity contribution is 5.89. The number of rotatable bonds is 9. The minimum absolute atomic E-state index is 0.0169. The van der Waals surface area contributed by atoms with Crippen molar-refractivity contribution in [2.75, 3.05) is 13.7 Å². The Bertz CT molecular complexity index is 745. The van der Waals surface area contributed by atoms with Gasteiger partial charge in [0.2, 0.25) is 0 Å². The second kappa shape index (κ2) is 10.1. The average Bonchev–Trinajstić information content (AvgIpc) is 2.71. The van der Waals surface area contributed by atoms with E-state index >= 15 is 0 Å². The molecule has 2 unspecified atom stereocenters. The Morgan fingerprint density at radius 1 is 1.19 bits per heavy atom. The van der Waals surface area contributed by atoms with Crippen LogP contribution in [0.3, 0.4) is 0 Å². The molecule has 146 valence electrons. The van der Waals surface area contributed by atoms with Crippen molar-refractivity contribution >= 4 is 5.97 Å². The summed E-state index contributed by atoms with van der Waals surface area (Å²) in [6, 6.07) is 12.2. The van der Waals surface area contributed by atoms with E-state index in [-0.39, 0.29) is 24.4 Å². The number of hydrogen-bond acceptors (Lipinski definition) is 6. The lowest BCUT2D eigenvalue weighted by atomic mass is 10.0. The van der Waals surface area contributed by atoms with Crippen LogP contribution in [0.1, 0.15) is 46.5 Å². The Morgan fingerprint density at radius 2 is 1.89 bits per heavy atom. The van der Waals surface area contributed by atoms with Crippen LogP contribution in [-0.2, 0) is 17.8 Å². The molecule has 0 saturated carbocycles. The van der Waals surface area contributed by atoms with Gasteiger partial charge in [-0.05, 0) is 48.2 Å². The van der Waals surface area contributed by atoms with Crippen LogP contribution in [0.15, 0.2) is 42.5 Å². The zero-order valence-corrected chi connectivity index (χ0v) is 15.7. The molecule has 0 heterocycles. The van der Waals surface area contributed by atoms with Gasteiger partial charge in [0, 0.05) is 18.2 Å². The minimum Gasteiger partial charge on any atom is -0.508 e. The summed E-state index contributed by atoms with van der Waals surface area (Å²) >= 11 is 0. The first-order chi connectivity index (χ1) is 13.0. The van der Waals surface area contributed by atoms with Gasteiger partial charge in [0.05, 0.1) is 25.4 Å². The number of aromatic hydroxyl groups is 1. The van der Waals surface area contributed by atoms with Gasteiger partial charge in [-0.2, -0.15) is 0 Å². The van der Waals surface area contributed by atoms with E-state index in [0.29, 0.717) is 23.2 Å². The second-order valence-electron chi connectivity index (χ2n) is 6.47. The highest BCUT2D eigenvalue weighted by Crippen LogP contribution is 2.22. The predicted molar refractivity (Wildman–Crippen MR) is 103 cm³/mol. The maximum atomic E-state index is 11.5. The molecule has 0 radical (unpaired) electrons. The fourth-order valence-electron chi connectivity index (χ4n) is 2.88. The molecule has 0 bridgehead atoms. The number of carbonyl (C=O) groups excluding carboxylic acids is 1. The lowest BCUT2D eigenvalue weighted by Crippen LogP contribution is -2.34. The molecule has 27 heavy (non-hydrogen) atoms. The Morgan fingerprint density at radius 3 is 2.48 bits per heavy atom. The van der Waals surface area contributed by atoms with Crippen molar-refractivity contribution in [1.29, 1.82) is 0 Å². The van der Waals surface area contributed by atoms with E-state index < -0.39 is 6.10 Å². The molecule has 0 saturated heterocycles. The van der Waals surface area contributed by atoms with Crippen LogP contribution in [0, 0.1) is 0 Å². The number of methoxy groups -OCH3 is 1. The van der Waals surface area contributed by atoms with Gasteiger partial charge in [-0.25, -0.2) is 4.79 Å². The first-order valence-corrected chi connectivity index (χ1v) is 8.99. The number of benzene rings is 2. The summed E-state index contributed by atoms with van der Waals surface area (Å²) in [6.07, 6.45) is 0.900. The number of aliphatic hydroxyl groups excluding tert-OH is 2. The number of nitrogens with one attached hydrogen (secondary N) is 1. The molecule has 0 aromatic heterocycles. The number of carbonyl (C=O) groups is 1. The molecular formula is C21H27NO5. The molecule has 4 N–H and O–H groups in total. The molecule has 0 amide bonds. The number of hydrogen-bond donors (Lipinski definition) is 4. The van der Waals surface area contributed by atoms with Gasteiger partial charge in [0.15, 0.2) is 0 Å². The fourth-order valence-corrected chi connectivity index (χ4v) is 2.88. The highest BCUT2D eigenvalue weighted by Gasteiger charge is 2.14. The SMILES string of the molecule is CCC(Cc1ccc(C(=O)OC)cc1)NCC(O)c1ccc(O)c(CO)c1. The highest BCUT2D eigenvalue weighted by atomic mass is 16.5. The van der Waals surface area contributed by atoms with Crippen molar-refractivity contribution in [2.45, 2.75) is 38.5 Å². The van der Waals surface area contributed by atoms with Crippen molar-refractivity contribution in [2.24, 2.45) is 0 Å². The molecule has 6 nitrogen and oxygen atoms in total. The molecule has 0 aliphatic heterocycles. The Kier molecular flexibility index (Phi) is 7.79.